The maximum Gasteiger partial charge on any atom is 0.643 e. The molecule has 3 aromatic rings. The van der Waals surface area contributed by atoms with Gasteiger partial charge >= 0.3 is 11.4 Å². The van der Waals surface area contributed by atoms with Crippen LogP contribution in [-0.4, -0.2) is 44.6 Å². The van der Waals surface area contributed by atoms with Gasteiger partial charge in [-0.3, -0.25) is 9.59 Å². The van der Waals surface area contributed by atoms with E-state index in [1.54, 1.807) is 12.1 Å². The number of carbonyl (C=O) groups is 2. The Bertz CT molecular complexity index is 2120. The highest BCUT2D eigenvalue weighted by Gasteiger charge is 2.22. The zero-order valence-corrected chi connectivity index (χ0v) is 39.9. The van der Waals surface area contributed by atoms with Crippen LogP contribution in [0.25, 0.3) is 0 Å². The van der Waals surface area contributed by atoms with Crippen molar-refractivity contribution < 1.29 is 26.4 Å². The monoisotopic (exact) mass is 1000 g/mol. The first-order valence-electron chi connectivity index (χ1n) is 17.8. The van der Waals surface area contributed by atoms with E-state index in [0.29, 0.717) is 11.5 Å². The minimum atomic E-state index is -3.98. The van der Waals surface area contributed by atoms with Crippen LogP contribution >= 0.6 is 88.2 Å². The molecule has 314 valence electrons. The summed E-state index contributed by atoms with van der Waals surface area (Å²) in [6, 6.07) is 15.3. The van der Waals surface area contributed by atoms with Gasteiger partial charge in [0.15, 0.2) is 5.78 Å². The van der Waals surface area contributed by atoms with Crippen molar-refractivity contribution in [3.63, 3.8) is 0 Å². The van der Waals surface area contributed by atoms with Crippen LogP contribution < -0.4 is 10.3 Å². The maximum atomic E-state index is 12.6. The van der Waals surface area contributed by atoms with Gasteiger partial charge in [0, 0.05) is 34.8 Å². The third-order valence-electron chi connectivity index (χ3n) is 9.02. The van der Waals surface area contributed by atoms with E-state index >= 15 is 0 Å². The Hall–Kier alpha value is -1.20. The van der Waals surface area contributed by atoms with E-state index in [4.69, 9.17) is 98.4 Å². The maximum absolute atomic E-state index is 12.6. The zero-order chi connectivity index (χ0) is 43.5. The predicted octanol–water partition coefficient (Wildman–Crippen LogP) is 12.2. The highest BCUT2D eigenvalue weighted by molar-refractivity contribution is 7.89. The fraction of sp³-hybridized carbons (Fsp3) is 0.333. The number of halogens is 8. The third kappa shape index (κ3) is 19.2. The van der Waals surface area contributed by atoms with Crippen molar-refractivity contribution >= 4 is 131 Å². The number of primary sulfonamides is 2. The van der Waals surface area contributed by atoms with Gasteiger partial charge in [-0.15, -0.1) is 23.2 Å². The molecule has 0 amide bonds. The Kier molecular flexibility index (Phi) is 24.6. The standard InChI is InChI=1S/C19H20ClNO3S.C12H15.C7H5Cl2NO3S.CH2Cl2.Al.3ClH/c20-17-11-10-16(12-18(17)25(21,23)24)19(22)15-8-6-14(7-9-15)13-4-2-1-3-5-13;1-3-7-11(8-4-1)12-9-5-2-6-10-12;8-5-2-1-4(7(9)11)3-6(5)14(10,12)13;2-1-3;;;;/h6-13H,1-5H2,(H2,21,23,24);1,3,7-8,12H,2,5-6,9-10H2;1-3H,(H2,10,12,13);1H2;;3*1H/q;+1;;;+3;;;/p-3. The number of rotatable bonds is 7. The van der Waals surface area contributed by atoms with Gasteiger partial charge in [0.25, 0.3) is 5.24 Å². The van der Waals surface area contributed by atoms with E-state index in [2.05, 4.69) is 24.3 Å². The first kappa shape index (κ1) is 52.9. The van der Waals surface area contributed by atoms with Gasteiger partial charge in [-0.2, -0.15) is 0 Å². The molecule has 3 aliphatic rings. The fourth-order valence-electron chi connectivity index (χ4n) is 6.31. The van der Waals surface area contributed by atoms with E-state index in [9.17, 15) is 26.4 Å². The molecule has 6 rings (SSSR count). The molecular formula is C39H42AlCl8N2O6S2+. The minimum absolute atomic E-state index is 0.00620. The molecule has 3 aliphatic carbocycles. The Morgan fingerprint density at radius 2 is 1.09 bits per heavy atom. The van der Waals surface area contributed by atoms with Gasteiger partial charge in [0.2, 0.25) is 20.0 Å². The Labute approximate surface area is 383 Å². The molecule has 0 atom stereocenters. The first-order valence-corrected chi connectivity index (χ1v) is 28.3. The topological polar surface area (TPSA) is 154 Å². The summed E-state index contributed by atoms with van der Waals surface area (Å²) < 4.78 is 45.1. The molecule has 0 aliphatic heterocycles. The lowest BCUT2D eigenvalue weighted by Gasteiger charge is -2.22. The van der Waals surface area contributed by atoms with Crippen molar-refractivity contribution in [1.82, 2.24) is 0 Å². The smallest absolute Gasteiger partial charge is 0.289 e. The SMILES string of the molecule is ClCCl.NS(=O)(=O)c1cc(C(=O)Cl)ccc1Cl.NS(=O)(=O)c1cc(C(=O)c2ccc(C3CCCCC3)cc2)ccc1Cl.[C+]1=CC(C2CCCCC2)=CC=C1.[Cl][Al]([Cl])[Cl]. The number of hydrogen-bond acceptors (Lipinski definition) is 6. The quantitative estimate of drug-likeness (QED) is 0.0790. The molecule has 0 saturated heterocycles. The van der Waals surface area contributed by atoms with Crippen molar-refractivity contribution in [3.05, 3.63) is 129 Å². The van der Waals surface area contributed by atoms with E-state index in [0.717, 1.165) is 12.0 Å². The fourth-order valence-corrected chi connectivity index (χ4v) is 8.57. The summed E-state index contributed by atoms with van der Waals surface area (Å²) in [5.74, 6) is 1.15. The molecule has 0 bridgehead atoms. The molecule has 8 nitrogen and oxygen atoms in total. The number of alkyl halides is 2. The zero-order valence-electron chi connectivity index (χ0n) is 31.0. The summed E-state index contributed by atoms with van der Waals surface area (Å²) in [5.41, 5.74) is 3.55. The normalized spacial score (nSPS) is 15.2. The summed E-state index contributed by atoms with van der Waals surface area (Å²) in [4.78, 5) is 22.8. The number of sulfonamides is 2. The van der Waals surface area contributed by atoms with E-state index in [-0.39, 0.29) is 42.1 Å². The molecule has 2 saturated carbocycles. The number of carbonyl (C=O) groups excluding carboxylic acids is 2. The van der Waals surface area contributed by atoms with Crippen LogP contribution in [0.3, 0.4) is 0 Å². The van der Waals surface area contributed by atoms with E-state index in [1.165, 1.54) is 106 Å². The molecule has 4 N–H and O–H groups in total. The molecule has 2 fully saturated rings. The summed E-state index contributed by atoms with van der Waals surface area (Å²) in [6.07, 6.45) is 24.9. The summed E-state index contributed by atoms with van der Waals surface area (Å²) in [6.45, 7) is 0. The van der Waals surface area contributed by atoms with Gasteiger partial charge in [-0.25, -0.2) is 57.3 Å². The number of nitrogens with two attached hydrogens (primary N) is 2. The molecule has 0 aromatic heterocycles. The lowest BCUT2D eigenvalue weighted by atomic mass is 9.83. The van der Waals surface area contributed by atoms with Gasteiger partial charge in [0.05, 0.1) is 27.0 Å². The van der Waals surface area contributed by atoms with E-state index in [1.807, 2.05) is 18.2 Å². The van der Waals surface area contributed by atoms with Crippen molar-refractivity contribution in [1.29, 1.82) is 0 Å². The van der Waals surface area contributed by atoms with Crippen LogP contribution in [0, 0.1) is 12.0 Å². The van der Waals surface area contributed by atoms with Crippen LogP contribution in [0.15, 0.2) is 100 Å². The van der Waals surface area contributed by atoms with Crippen molar-refractivity contribution in [2.75, 3.05) is 5.34 Å². The lowest BCUT2D eigenvalue weighted by molar-refractivity contribution is 0.103. The molecule has 19 heteroatoms. The van der Waals surface area contributed by atoms with Crippen LogP contribution in [-0.2, 0) is 20.0 Å². The molecule has 0 radical (unpaired) electrons. The number of ketones is 1. The lowest BCUT2D eigenvalue weighted by Crippen LogP contribution is -2.14. The second-order valence-electron chi connectivity index (χ2n) is 13.0. The highest BCUT2D eigenvalue weighted by Crippen LogP contribution is 2.33. The van der Waals surface area contributed by atoms with E-state index < -0.39 is 36.7 Å². The van der Waals surface area contributed by atoms with Crippen LogP contribution in [0.1, 0.15) is 102 Å². The Balaban J connectivity index is 0.000000297. The van der Waals surface area contributed by atoms with Crippen LogP contribution in [0.2, 0.25) is 10.0 Å². The average Bonchev–Trinajstić information content (AvgIpc) is 3.19. The first-order chi connectivity index (χ1) is 27.3. The number of hydrogen-bond donors (Lipinski definition) is 2. The second-order valence-corrected chi connectivity index (χ2v) is 24.4. The molecular weight excluding hydrogens is 967 g/mol. The number of benzene rings is 3. The second kappa shape index (κ2) is 27.0. The van der Waals surface area contributed by atoms with Gasteiger partial charge < -0.3 is 0 Å². The minimum Gasteiger partial charge on any atom is -0.289 e. The molecule has 0 unspecified atom stereocenters. The Morgan fingerprint density at radius 3 is 1.50 bits per heavy atom. The Morgan fingerprint density at radius 1 is 0.672 bits per heavy atom. The molecule has 0 spiro atoms. The van der Waals surface area contributed by atoms with Gasteiger partial charge in [-0.05, 0) is 85.2 Å². The van der Waals surface area contributed by atoms with Crippen molar-refractivity contribution in [2.45, 2.75) is 79.9 Å². The van der Waals surface area contributed by atoms with Crippen LogP contribution in [0.4, 0.5) is 0 Å². The molecule has 3 aromatic carbocycles. The summed E-state index contributed by atoms with van der Waals surface area (Å²) in [7, 11) is 6.92. The van der Waals surface area contributed by atoms with Crippen LogP contribution in [0.5, 0.6) is 0 Å². The average molecular weight is 1010 g/mol. The highest BCUT2D eigenvalue weighted by atomic mass is 35.8. The molecule has 0 heterocycles. The number of allylic oxidation sites excluding steroid dienone is 6. The third-order valence-corrected chi connectivity index (χ3v) is 12.0. The molecule has 58 heavy (non-hydrogen) atoms. The van der Waals surface area contributed by atoms with Gasteiger partial charge in [-0.1, -0.05) is 86.0 Å². The van der Waals surface area contributed by atoms with Gasteiger partial charge in [0.1, 0.15) is 21.9 Å². The predicted molar refractivity (Wildman–Crippen MR) is 243 cm³/mol. The summed E-state index contributed by atoms with van der Waals surface area (Å²) in [5, 5.41) is 9.39. The largest absolute Gasteiger partial charge is 0.643 e. The van der Waals surface area contributed by atoms with Crippen molar-refractivity contribution in [3.8, 4) is 0 Å². The van der Waals surface area contributed by atoms with Crippen molar-refractivity contribution in [2.24, 2.45) is 16.2 Å². The summed E-state index contributed by atoms with van der Waals surface area (Å²) >= 11 is 24.4.